The van der Waals surface area contributed by atoms with Crippen LogP contribution in [0.1, 0.15) is 84.6 Å². The number of hydrogen-bond donors (Lipinski definition) is 11. The molecule has 1 aromatic carbocycles. The maximum absolute atomic E-state index is 14.1. The van der Waals surface area contributed by atoms with Crippen molar-refractivity contribution in [1.82, 2.24) is 26.2 Å². The van der Waals surface area contributed by atoms with Crippen LogP contribution in [0.3, 0.4) is 0 Å². The van der Waals surface area contributed by atoms with E-state index in [-0.39, 0.29) is 48.4 Å². The van der Waals surface area contributed by atoms with E-state index in [2.05, 4.69) is 31.3 Å². The fraction of sp³-hybridized carbons (Fsp3) is 0.658. The number of guanidine groups is 2. The van der Waals surface area contributed by atoms with E-state index in [1.54, 1.807) is 19.1 Å². The SMILES string of the molecule is CC[C@H](C)[C@H](NC(=O)[C@H](Cc1ccc(O)cc1)NC(=O)[C@@H]1CCCN1C(=O)[C@H](CCCN=C(N)N)NC[C@@H](N)CCCN=C(N)N)C(=O)N[C@@H](CC(C)C)C(=O)O. The van der Waals surface area contributed by atoms with Gasteiger partial charge in [0.25, 0.3) is 0 Å². The Morgan fingerprint density at radius 3 is 2.04 bits per heavy atom. The second-order valence-electron chi connectivity index (χ2n) is 15.1. The highest BCUT2D eigenvalue weighted by Gasteiger charge is 2.39. The minimum absolute atomic E-state index is 0.00415. The van der Waals surface area contributed by atoms with E-state index in [1.165, 1.54) is 17.0 Å². The number of phenolic OH excluding ortho intramolecular Hbond substituents is 1. The number of carbonyl (C=O) groups excluding carboxylic acids is 4. The number of rotatable bonds is 25. The first-order valence-corrected chi connectivity index (χ1v) is 19.7. The minimum Gasteiger partial charge on any atom is -0.508 e. The summed E-state index contributed by atoms with van der Waals surface area (Å²) in [6.07, 6.45) is 3.62. The first-order valence-electron chi connectivity index (χ1n) is 19.7. The Hall–Kier alpha value is -5.17. The number of amides is 4. The van der Waals surface area contributed by atoms with Crippen LogP contribution in [0.5, 0.6) is 5.75 Å². The number of likely N-dealkylation sites (tertiary alicyclic amines) is 1. The van der Waals surface area contributed by atoms with Gasteiger partial charge in [0.15, 0.2) is 11.9 Å². The van der Waals surface area contributed by atoms with E-state index >= 15 is 0 Å². The first-order chi connectivity index (χ1) is 26.9. The number of nitrogens with one attached hydrogen (secondary N) is 4. The normalized spacial score (nSPS) is 17.0. The highest BCUT2D eigenvalue weighted by atomic mass is 16.4. The molecule has 0 saturated carbocycles. The average molecular weight is 803 g/mol. The zero-order chi connectivity index (χ0) is 42.7. The van der Waals surface area contributed by atoms with Gasteiger partial charge in [-0.1, -0.05) is 46.2 Å². The van der Waals surface area contributed by atoms with Gasteiger partial charge in [-0.3, -0.25) is 29.2 Å². The van der Waals surface area contributed by atoms with Crippen molar-refractivity contribution in [3.8, 4) is 5.75 Å². The molecule has 0 bridgehead atoms. The van der Waals surface area contributed by atoms with Crippen LogP contribution in [-0.4, -0.2) is 119 Å². The second kappa shape index (κ2) is 24.5. The molecule has 2 rings (SSSR count). The summed E-state index contributed by atoms with van der Waals surface area (Å²) < 4.78 is 0. The summed E-state index contributed by atoms with van der Waals surface area (Å²) in [6.45, 7) is 8.60. The molecule has 7 atom stereocenters. The molecule has 1 heterocycles. The standard InChI is InChI=1S/C38H66N12O7/c1-5-23(4)31(34(54)48-29(36(56)57)19-22(2)3)49-32(52)28(20-24-12-14-26(51)15-13-24)47-33(53)30-11-8-18-50(30)35(55)27(10-7-17-45-38(42)43)46-21-25(39)9-6-16-44-37(40)41/h12-15,22-23,25,27-31,46,51H,5-11,16-21,39H2,1-4H3,(H,47,53)(H,48,54)(H,49,52)(H,56,57)(H4,40,41,44)(H4,42,43,45)/t23-,25-,27-,28-,29-,30-,31-/m0/s1. The van der Waals surface area contributed by atoms with Crippen molar-refractivity contribution < 1.29 is 34.2 Å². The zero-order valence-electron chi connectivity index (χ0n) is 33.8. The number of carboxylic acids is 1. The Bertz CT molecular complexity index is 1520. The molecule has 16 N–H and O–H groups in total. The largest absolute Gasteiger partial charge is 0.508 e. The summed E-state index contributed by atoms with van der Waals surface area (Å²) in [5, 5.41) is 31.1. The number of carbonyl (C=O) groups is 5. The van der Waals surface area contributed by atoms with E-state index < -0.39 is 59.8 Å². The molecule has 0 spiro atoms. The van der Waals surface area contributed by atoms with Gasteiger partial charge in [0.2, 0.25) is 23.6 Å². The lowest BCUT2D eigenvalue weighted by Crippen LogP contribution is -2.60. The summed E-state index contributed by atoms with van der Waals surface area (Å²) in [4.78, 5) is 77.3. The van der Waals surface area contributed by atoms with Gasteiger partial charge >= 0.3 is 5.97 Å². The Labute approximate surface area is 335 Å². The van der Waals surface area contributed by atoms with Gasteiger partial charge < -0.3 is 65.0 Å². The highest BCUT2D eigenvalue weighted by molar-refractivity contribution is 5.96. The maximum atomic E-state index is 14.1. The van der Waals surface area contributed by atoms with Gasteiger partial charge in [-0.15, -0.1) is 0 Å². The van der Waals surface area contributed by atoms with Crippen molar-refractivity contribution in [2.75, 3.05) is 26.2 Å². The van der Waals surface area contributed by atoms with E-state index in [4.69, 9.17) is 28.7 Å². The predicted octanol–water partition coefficient (Wildman–Crippen LogP) is -1.05. The second-order valence-corrected chi connectivity index (χ2v) is 15.1. The molecule has 0 unspecified atom stereocenters. The van der Waals surface area contributed by atoms with Gasteiger partial charge in [-0.25, -0.2) is 4.79 Å². The molecule has 320 valence electrons. The van der Waals surface area contributed by atoms with Crippen LogP contribution in [0.25, 0.3) is 0 Å². The number of aromatic hydroxyl groups is 1. The molecule has 1 aliphatic heterocycles. The summed E-state index contributed by atoms with van der Waals surface area (Å²) in [7, 11) is 0. The van der Waals surface area contributed by atoms with Crippen molar-refractivity contribution in [2.24, 2.45) is 50.5 Å². The Morgan fingerprint density at radius 2 is 1.47 bits per heavy atom. The van der Waals surface area contributed by atoms with Crippen molar-refractivity contribution in [1.29, 1.82) is 0 Å². The van der Waals surface area contributed by atoms with Crippen LogP contribution in [0.2, 0.25) is 0 Å². The van der Waals surface area contributed by atoms with E-state index in [9.17, 15) is 34.2 Å². The molecule has 19 heteroatoms. The molecule has 0 radical (unpaired) electrons. The monoisotopic (exact) mass is 803 g/mol. The first kappa shape index (κ1) is 48.0. The number of hydrogen-bond acceptors (Lipinski definition) is 10. The Morgan fingerprint density at radius 1 is 0.860 bits per heavy atom. The smallest absolute Gasteiger partial charge is 0.326 e. The third-order valence-corrected chi connectivity index (χ3v) is 9.86. The molecule has 1 saturated heterocycles. The molecular weight excluding hydrogens is 736 g/mol. The molecule has 0 aromatic heterocycles. The lowest BCUT2D eigenvalue weighted by molar-refractivity contribution is -0.143. The molecule has 57 heavy (non-hydrogen) atoms. The number of aliphatic imine (C=N–C) groups is 2. The van der Waals surface area contributed by atoms with Crippen LogP contribution < -0.4 is 49.9 Å². The van der Waals surface area contributed by atoms with Crippen LogP contribution in [0, 0.1) is 11.8 Å². The molecule has 1 aromatic rings. The molecule has 1 fully saturated rings. The zero-order valence-corrected chi connectivity index (χ0v) is 33.8. The van der Waals surface area contributed by atoms with E-state index in [0.29, 0.717) is 76.7 Å². The molecule has 1 aliphatic rings. The van der Waals surface area contributed by atoms with Crippen LogP contribution >= 0.6 is 0 Å². The van der Waals surface area contributed by atoms with E-state index in [1.807, 2.05) is 20.8 Å². The summed E-state index contributed by atoms with van der Waals surface area (Å²) >= 11 is 0. The van der Waals surface area contributed by atoms with Gasteiger partial charge in [0, 0.05) is 38.6 Å². The summed E-state index contributed by atoms with van der Waals surface area (Å²) in [5.74, 6) is -3.84. The minimum atomic E-state index is -1.20. The van der Waals surface area contributed by atoms with E-state index in [0.717, 1.165) is 0 Å². The number of nitrogens with two attached hydrogens (primary N) is 5. The lowest BCUT2D eigenvalue weighted by Gasteiger charge is -2.31. The highest BCUT2D eigenvalue weighted by Crippen LogP contribution is 2.21. The van der Waals surface area contributed by atoms with Gasteiger partial charge in [0.1, 0.15) is 29.9 Å². The predicted molar refractivity (Wildman–Crippen MR) is 218 cm³/mol. The quantitative estimate of drug-likeness (QED) is 0.0320. The summed E-state index contributed by atoms with van der Waals surface area (Å²) in [6, 6.07) is 0.743. The topological polar surface area (TPSA) is 332 Å². The molecule has 19 nitrogen and oxygen atoms in total. The fourth-order valence-electron chi connectivity index (χ4n) is 6.53. The van der Waals surface area contributed by atoms with Crippen LogP contribution in [0.15, 0.2) is 34.3 Å². The van der Waals surface area contributed by atoms with Crippen molar-refractivity contribution >= 4 is 41.5 Å². The molecule has 4 amide bonds. The third kappa shape index (κ3) is 17.2. The number of nitrogens with zero attached hydrogens (tertiary/aromatic N) is 3. The molecular formula is C38H66N12O7. The van der Waals surface area contributed by atoms with Crippen molar-refractivity contribution in [2.45, 2.75) is 122 Å². The van der Waals surface area contributed by atoms with Crippen molar-refractivity contribution in [3.63, 3.8) is 0 Å². The number of aliphatic carboxylic acids is 1. The van der Waals surface area contributed by atoms with Gasteiger partial charge in [0.05, 0.1) is 6.04 Å². The lowest BCUT2D eigenvalue weighted by atomic mass is 9.96. The summed E-state index contributed by atoms with van der Waals surface area (Å²) in [5.41, 5.74) is 28.7. The Balaban J connectivity index is 2.32. The van der Waals surface area contributed by atoms with Crippen LogP contribution in [0.4, 0.5) is 0 Å². The van der Waals surface area contributed by atoms with Crippen molar-refractivity contribution in [3.05, 3.63) is 29.8 Å². The maximum Gasteiger partial charge on any atom is 0.326 e. The Kier molecular flexibility index (Phi) is 20.6. The number of phenols is 1. The number of benzene rings is 1. The third-order valence-electron chi connectivity index (χ3n) is 9.86. The molecule has 0 aliphatic carbocycles. The number of carboxylic acid groups (broad SMARTS) is 1. The van der Waals surface area contributed by atoms with Crippen LogP contribution in [-0.2, 0) is 30.4 Å². The fourth-order valence-corrected chi connectivity index (χ4v) is 6.53. The van der Waals surface area contributed by atoms with Gasteiger partial charge in [-0.05, 0) is 74.5 Å². The average Bonchev–Trinajstić information content (AvgIpc) is 3.65. The van der Waals surface area contributed by atoms with Gasteiger partial charge in [-0.2, -0.15) is 0 Å².